The Bertz CT molecular complexity index is 1340. The smallest absolute Gasteiger partial charge is 0.339 e. The van der Waals surface area contributed by atoms with E-state index in [9.17, 15) is 22.8 Å². The van der Waals surface area contributed by atoms with E-state index in [1.54, 1.807) is 26.0 Å². The number of ether oxygens (including phenoxy) is 1. The summed E-state index contributed by atoms with van der Waals surface area (Å²) in [6.45, 7) is 4.05. The minimum Gasteiger partial charge on any atom is -0.465 e. The molecule has 0 bridgehead atoms. The number of amides is 1. The van der Waals surface area contributed by atoms with E-state index in [2.05, 4.69) is 10.3 Å². The second-order valence-electron chi connectivity index (χ2n) is 6.84. The molecular weight excluding hydrogens is 434 g/mol. The number of aromatic amines is 1. The summed E-state index contributed by atoms with van der Waals surface area (Å²) in [5.41, 5.74) is 0.0951. The van der Waals surface area contributed by atoms with Crippen molar-refractivity contribution in [2.75, 3.05) is 25.5 Å². The number of carbonyl (C=O) groups is 2. The minimum atomic E-state index is -3.78. The first-order chi connectivity index (χ1) is 15.2. The van der Waals surface area contributed by atoms with Gasteiger partial charge in [-0.2, -0.15) is 4.31 Å². The highest BCUT2D eigenvalue weighted by atomic mass is 32.2. The van der Waals surface area contributed by atoms with Crippen LogP contribution in [0.5, 0.6) is 0 Å². The molecule has 0 aliphatic heterocycles. The third kappa shape index (κ3) is 4.41. The number of sulfonamides is 1. The highest BCUT2D eigenvalue weighted by molar-refractivity contribution is 7.89. The van der Waals surface area contributed by atoms with Gasteiger partial charge in [-0.15, -0.1) is 0 Å². The fourth-order valence-corrected chi connectivity index (χ4v) is 4.85. The maximum absolute atomic E-state index is 13.1. The van der Waals surface area contributed by atoms with E-state index in [4.69, 9.17) is 4.74 Å². The van der Waals surface area contributed by atoms with Crippen LogP contribution in [0.3, 0.4) is 0 Å². The molecule has 2 N–H and O–H groups in total. The molecule has 0 aliphatic carbocycles. The van der Waals surface area contributed by atoms with Gasteiger partial charge in [0.2, 0.25) is 15.6 Å². The Kier molecular flexibility index (Phi) is 6.75. The van der Waals surface area contributed by atoms with Crippen molar-refractivity contribution in [2.24, 2.45) is 0 Å². The maximum atomic E-state index is 13.1. The topological polar surface area (TPSA) is 126 Å². The van der Waals surface area contributed by atoms with Crippen LogP contribution in [0.15, 0.2) is 58.2 Å². The second kappa shape index (κ2) is 9.33. The lowest BCUT2D eigenvalue weighted by molar-refractivity contribution is 0.0602. The number of para-hydroxylation sites is 1. The number of H-pyrrole nitrogens is 1. The second-order valence-corrected chi connectivity index (χ2v) is 8.77. The lowest BCUT2D eigenvalue weighted by atomic mass is 10.1. The van der Waals surface area contributed by atoms with Gasteiger partial charge in [-0.3, -0.25) is 9.59 Å². The number of hydrogen-bond acceptors (Lipinski definition) is 6. The van der Waals surface area contributed by atoms with E-state index < -0.39 is 27.5 Å². The highest BCUT2D eigenvalue weighted by Gasteiger charge is 2.23. The number of anilines is 1. The average molecular weight is 458 g/mol. The lowest BCUT2D eigenvalue weighted by Crippen LogP contribution is -2.30. The molecule has 32 heavy (non-hydrogen) atoms. The number of methoxy groups -OCH3 is 1. The van der Waals surface area contributed by atoms with Crippen LogP contribution in [-0.4, -0.2) is 49.8 Å². The van der Waals surface area contributed by atoms with Crippen LogP contribution in [-0.2, 0) is 14.8 Å². The first kappa shape index (κ1) is 23.2. The molecule has 10 heteroatoms. The first-order valence-corrected chi connectivity index (χ1v) is 11.3. The van der Waals surface area contributed by atoms with E-state index in [0.717, 1.165) is 6.07 Å². The molecule has 0 fully saturated rings. The molecule has 1 aromatic heterocycles. The molecule has 1 heterocycles. The number of carbonyl (C=O) groups excluding carboxylic acids is 2. The molecule has 0 spiro atoms. The fourth-order valence-electron chi connectivity index (χ4n) is 3.36. The van der Waals surface area contributed by atoms with Crippen molar-refractivity contribution < 1.29 is 22.7 Å². The van der Waals surface area contributed by atoms with Gasteiger partial charge in [0, 0.05) is 30.1 Å². The van der Waals surface area contributed by atoms with Gasteiger partial charge in [-0.25, -0.2) is 13.2 Å². The van der Waals surface area contributed by atoms with Gasteiger partial charge in [0.15, 0.2) is 0 Å². The summed E-state index contributed by atoms with van der Waals surface area (Å²) in [7, 11) is -2.55. The number of fused-ring (bicyclic) bond motifs is 1. The van der Waals surface area contributed by atoms with Crippen molar-refractivity contribution >= 4 is 38.5 Å². The van der Waals surface area contributed by atoms with E-state index in [-0.39, 0.29) is 27.1 Å². The molecule has 3 rings (SSSR count). The molecule has 3 aromatic rings. The quantitative estimate of drug-likeness (QED) is 0.525. The van der Waals surface area contributed by atoms with Gasteiger partial charge in [0.25, 0.3) is 5.91 Å². The molecule has 9 nitrogen and oxygen atoms in total. The zero-order chi connectivity index (χ0) is 23.5. The summed E-state index contributed by atoms with van der Waals surface area (Å²) in [5, 5.41) is 2.87. The standard InChI is InChI=1S/C22H23N3O6S/c1-4-25(5-2)32(29,30)14-10-11-19-16(12-14)17(13-20(26)23-19)21(27)24-18-9-7-6-8-15(18)22(28)31-3/h6-13H,4-5H2,1-3H3,(H,23,26)(H,24,27). The number of benzene rings is 2. The Morgan fingerprint density at radius 1 is 1.03 bits per heavy atom. The van der Waals surface area contributed by atoms with Crippen molar-refractivity contribution in [3.8, 4) is 0 Å². The number of rotatable bonds is 7. The largest absolute Gasteiger partial charge is 0.465 e. The fraction of sp³-hybridized carbons (Fsp3) is 0.227. The minimum absolute atomic E-state index is 0.00441. The number of aromatic nitrogens is 1. The molecule has 0 aliphatic rings. The summed E-state index contributed by atoms with van der Waals surface area (Å²) in [5.74, 6) is -1.31. The summed E-state index contributed by atoms with van der Waals surface area (Å²) in [4.78, 5) is 39.8. The van der Waals surface area contributed by atoms with Gasteiger partial charge in [-0.05, 0) is 30.3 Å². The van der Waals surface area contributed by atoms with Crippen LogP contribution in [0.25, 0.3) is 10.9 Å². The zero-order valence-electron chi connectivity index (χ0n) is 17.8. The van der Waals surface area contributed by atoms with Gasteiger partial charge in [0.05, 0.1) is 28.8 Å². The van der Waals surface area contributed by atoms with E-state index >= 15 is 0 Å². The maximum Gasteiger partial charge on any atom is 0.339 e. The predicted molar refractivity (Wildman–Crippen MR) is 120 cm³/mol. The summed E-state index contributed by atoms with van der Waals surface area (Å²) in [6, 6.07) is 11.6. The lowest BCUT2D eigenvalue weighted by Gasteiger charge is -2.19. The van der Waals surface area contributed by atoms with Crippen LogP contribution >= 0.6 is 0 Å². The molecule has 1 amide bonds. The molecule has 168 valence electrons. The number of nitrogens with zero attached hydrogens (tertiary/aromatic N) is 1. The summed E-state index contributed by atoms with van der Waals surface area (Å²) >= 11 is 0. The molecule has 0 saturated carbocycles. The number of esters is 1. The number of nitrogens with one attached hydrogen (secondary N) is 2. The normalized spacial score (nSPS) is 11.5. The summed E-state index contributed by atoms with van der Waals surface area (Å²) < 4.78 is 31.9. The predicted octanol–water partition coefficient (Wildman–Crippen LogP) is 2.60. The first-order valence-electron chi connectivity index (χ1n) is 9.88. The third-order valence-electron chi connectivity index (χ3n) is 4.98. The molecule has 2 aromatic carbocycles. The molecule has 0 saturated heterocycles. The van der Waals surface area contributed by atoms with Crippen molar-refractivity contribution in [3.05, 3.63) is 70.0 Å². The van der Waals surface area contributed by atoms with Crippen molar-refractivity contribution in [1.29, 1.82) is 0 Å². The highest BCUT2D eigenvalue weighted by Crippen LogP contribution is 2.24. The van der Waals surface area contributed by atoms with E-state index in [1.165, 1.54) is 41.7 Å². The van der Waals surface area contributed by atoms with E-state index in [0.29, 0.717) is 18.6 Å². The van der Waals surface area contributed by atoms with E-state index in [1.807, 2.05) is 0 Å². The Balaban J connectivity index is 2.12. The monoisotopic (exact) mass is 457 g/mol. The van der Waals surface area contributed by atoms with Crippen molar-refractivity contribution in [1.82, 2.24) is 9.29 Å². The Labute approximate surface area is 185 Å². The van der Waals surface area contributed by atoms with Crippen molar-refractivity contribution in [3.63, 3.8) is 0 Å². The molecule has 0 unspecified atom stereocenters. The van der Waals surface area contributed by atoms with Gasteiger partial charge in [0.1, 0.15) is 0 Å². The molecule has 0 radical (unpaired) electrons. The van der Waals surface area contributed by atoms with Crippen LogP contribution in [0, 0.1) is 0 Å². The van der Waals surface area contributed by atoms with Gasteiger partial charge < -0.3 is 15.0 Å². The van der Waals surface area contributed by atoms with Gasteiger partial charge in [-0.1, -0.05) is 26.0 Å². The SMILES string of the molecule is CCN(CC)S(=O)(=O)c1ccc2[nH]c(=O)cc(C(=O)Nc3ccccc3C(=O)OC)c2c1. The number of hydrogen-bond donors (Lipinski definition) is 2. The Hall–Kier alpha value is -3.50. The third-order valence-corrected chi connectivity index (χ3v) is 7.03. The molecule has 0 atom stereocenters. The van der Waals surface area contributed by atoms with Crippen LogP contribution in [0.1, 0.15) is 34.6 Å². The Morgan fingerprint density at radius 2 is 1.72 bits per heavy atom. The van der Waals surface area contributed by atoms with Crippen LogP contribution in [0.2, 0.25) is 0 Å². The number of pyridine rings is 1. The van der Waals surface area contributed by atoms with Crippen LogP contribution < -0.4 is 10.9 Å². The van der Waals surface area contributed by atoms with Gasteiger partial charge >= 0.3 is 5.97 Å². The van der Waals surface area contributed by atoms with Crippen LogP contribution in [0.4, 0.5) is 5.69 Å². The average Bonchev–Trinajstić information content (AvgIpc) is 2.78. The molecular formula is C22H23N3O6S. The summed E-state index contributed by atoms with van der Waals surface area (Å²) in [6.07, 6.45) is 0. The zero-order valence-corrected chi connectivity index (χ0v) is 18.7. The Morgan fingerprint density at radius 3 is 2.38 bits per heavy atom. The van der Waals surface area contributed by atoms with Crippen molar-refractivity contribution in [2.45, 2.75) is 18.7 Å².